The summed E-state index contributed by atoms with van der Waals surface area (Å²) in [5.41, 5.74) is 2.17. The molecule has 0 aromatic carbocycles. The Bertz CT molecular complexity index is 568. The van der Waals surface area contributed by atoms with E-state index in [1.807, 2.05) is 13.0 Å². The molecule has 1 amide bonds. The molecule has 0 saturated heterocycles. The molecule has 2 aromatic rings. The molecule has 16 heavy (non-hydrogen) atoms. The Morgan fingerprint density at radius 2 is 2.50 bits per heavy atom. The number of nitrogens with one attached hydrogen (secondary N) is 1. The van der Waals surface area contributed by atoms with Gasteiger partial charge in [-0.1, -0.05) is 0 Å². The summed E-state index contributed by atoms with van der Waals surface area (Å²) in [4.78, 5) is 14.5. The Labute approximate surface area is 91.5 Å². The minimum absolute atomic E-state index is 0.503. The minimum atomic E-state index is -0.696. The van der Waals surface area contributed by atoms with Gasteiger partial charge < -0.3 is 5.32 Å². The first kappa shape index (κ1) is 10.1. The van der Waals surface area contributed by atoms with Gasteiger partial charge >= 0.3 is 0 Å². The highest BCUT2D eigenvalue weighted by atomic mass is 16.1. The number of aryl methyl sites for hydroxylation is 1. The van der Waals surface area contributed by atoms with Gasteiger partial charge in [0.05, 0.1) is 23.5 Å². The Balaban J connectivity index is 2.61. The summed E-state index contributed by atoms with van der Waals surface area (Å²) in [6, 6.07) is 1.30. The second kappa shape index (κ2) is 3.98. The van der Waals surface area contributed by atoms with Crippen LogP contribution < -0.4 is 5.32 Å². The molecule has 0 aliphatic heterocycles. The van der Waals surface area contributed by atoms with Gasteiger partial charge in [0.2, 0.25) is 6.41 Å². The summed E-state index contributed by atoms with van der Waals surface area (Å²) < 4.78 is 1.63. The van der Waals surface area contributed by atoms with Gasteiger partial charge in [0.15, 0.2) is 0 Å². The molecule has 1 atom stereocenters. The van der Waals surface area contributed by atoms with E-state index < -0.39 is 6.04 Å². The van der Waals surface area contributed by atoms with Crippen molar-refractivity contribution in [2.45, 2.75) is 13.0 Å². The molecule has 2 aromatic heterocycles. The third-order valence-electron chi connectivity index (χ3n) is 2.32. The molecular formula is C10H9N5O. The van der Waals surface area contributed by atoms with Gasteiger partial charge in [-0.25, -0.2) is 4.52 Å². The number of hydrogen-bond donors (Lipinski definition) is 1. The maximum atomic E-state index is 10.4. The van der Waals surface area contributed by atoms with Crippen LogP contribution in [0, 0.1) is 18.3 Å². The fourth-order valence-electron chi connectivity index (χ4n) is 1.61. The fraction of sp³-hybridized carbons (Fsp3) is 0.200. The van der Waals surface area contributed by atoms with Crippen LogP contribution in [0.3, 0.4) is 0 Å². The van der Waals surface area contributed by atoms with Crippen LogP contribution in [0.1, 0.15) is 17.3 Å². The lowest BCUT2D eigenvalue weighted by Crippen LogP contribution is -2.17. The number of aromatic nitrogens is 3. The zero-order valence-electron chi connectivity index (χ0n) is 8.58. The summed E-state index contributed by atoms with van der Waals surface area (Å²) in [7, 11) is 0. The smallest absolute Gasteiger partial charge is 0.208 e. The normalized spacial score (nSPS) is 12.0. The van der Waals surface area contributed by atoms with Gasteiger partial charge in [-0.05, 0) is 6.92 Å². The van der Waals surface area contributed by atoms with Crippen LogP contribution in [-0.2, 0) is 4.79 Å². The predicted octanol–water partition coefficient (Wildman–Crippen LogP) is 0.348. The van der Waals surface area contributed by atoms with E-state index in [0.29, 0.717) is 12.0 Å². The number of fused-ring (bicyclic) bond motifs is 1. The molecule has 6 nitrogen and oxygen atoms in total. The highest BCUT2D eigenvalue weighted by Crippen LogP contribution is 2.19. The highest BCUT2D eigenvalue weighted by Gasteiger charge is 2.16. The summed E-state index contributed by atoms with van der Waals surface area (Å²) >= 11 is 0. The molecule has 1 N–H and O–H groups in total. The number of nitrogens with zero attached hydrogens (tertiary/aromatic N) is 4. The molecule has 0 fully saturated rings. The highest BCUT2D eigenvalue weighted by molar-refractivity contribution is 5.61. The van der Waals surface area contributed by atoms with Gasteiger partial charge in [-0.3, -0.25) is 9.78 Å². The number of carbonyl (C=O) groups excluding carboxylic acids is 1. The van der Waals surface area contributed by atoms with Gasteiger partial charge in [-0.2, -0.15) is 10.4 Å². The number of carbonyl (C=O) groups is 1. The maximum Gasteiger partial charge on any atom is 0.208 e. The summed E-state index contributed by atoms with van der Waals surface area (Å²) in [5, 5.41) is 15.5. The zero-order valence-corrected chi connectivity index (χ0v) is 8.58. The van der Waals surface area contributed by atoms with Crippen molar-refractivity contribution in [2.24, 2.45) is 0 Å². The van der Waals surface area contributed by atoms with E-state index in [1.54, 1.807) is 23.1 Å². The molecular weight excluding hydrogens is 206 g/mol. The molecule has 0 saturated carbocycles. The van der Waals surface area contributed by atoms with Crippen molar-refractivity contribution in [3.63, 3.8) is 0 Å². The van der Waals surface area contributed by atoms with Gasteiger partial charge in [-0.15, -0.1) is 0 Å². The molecule has 0 radical (unpaired) electrons. The van der Waals surface area contributed by atoms with Crippen molar-refractivity contribution in [3.8, 4) is 6.07 Å². The van der Waals surface area contributed by atoms with E-state index in [1.165, 1.54) is 0 Å². The molecule has 6 heteroatoms. The monoisotopic (exact) mass is 215 g/mol. The Hall–Kier alpha value is -2.42. The van der Waals surface area contributed by atoms with Crippen molar-refractivity contribution in [1.82, 2.24) is 19.9 Å². The van der Waals surface area contributed by atoms with E-state index in [4.69, 9.17) is 5.26 Å². The number of nitriles is 1. The average Bonchev–Trinajstić information content (AvgIpc) is 2.71. The van der Waals surface area contributed by atoms with Crippen LogP contribution in [0.25, 0.3) is 5.52 Å². The van der Waals surface area contributed by atoms with Crippen molar-refractivity contribution in [1.29, 1.82) is 5.26 Å². The Morgan fingerprint density at radius 3 is 3.19 bits per heavy atom. The largest absolute Gasteiger partial charge is 0.339 e. The number of rotatable bonds is 3. The zero-order chi connectivity index (χ0) is 11.5. The third kappa shape index (κ3) is 1.48. The predicted molar refractivity (Wildman–Crippen MR) is 55.3 cm³/mol. The first-order valence-corrected chi connectivity index (χ1v) is 4.66. The van der Waals surface area contributed by atoms with Crippen LogP contribution in [0.4, 0.5) is 0 Å². The minimum Gasteiger partial charge on any atom is -0.339 e. The molecule has 0 aliphatic rings. The average molecular weight is 215 g/mol. The summed E-state index contributed by atoms with van der Waals surface area (Å²) in [5.74, 6) is 0. The van der Waals surface area contributed by atoms with Crippen LogP contribution in [0.5, 0.6) is 0 Å². The first-order chi connectivity index (χ1) is 7.77. The third-order valence-corrected chi connectivity index (χ3v) is 2.32. The molecule has 0 aliphatic carbocycles. The van der Waals surface area contributed by atoms with Crippen LogP contribution >= 0.6 is 0 Å². The Kier molecular flexibility index (Phi) is 2.52. The lowest BCUT2D eigenvalue weighted by atomic mass is 10.1. The SMILES string of the molecule is Cc1nccn2ncc(C(C#N)NC=O)c12. The molecule has 0 bridgehead atoms. The molecule has 80 valence electrons. The first-order valence-electron chi connectivity index (χ1n) is 4.66. The second-order valence-electron chi connectivity index (χ2n) is 3.25. The van der Waals surface area contributed by atoms with Crippen LogP contribution in [0.2, 0.25) is 0 Å². The van der Waals surface area contributed by atoms with Crippen molar-refractivity contribution in [3.05, 3.63) is 29.8 Å². The summed E-state index contributed by atoms with van der Waals surface area (Å²) in [6.45, 7) is 1.83. The van der Waals surface area contributed by atoms with E-state index in [0.717, 1.165) is 11.2 Å². The molecule has 1 unspecified atom stereocenters. The lowest BCUT2D eigenvalue weighted by Gasteiger charge is -2.06. The standard InChI is InChI=1S/C10H9N5O/c1-7-10-8(9(4-11)13-6-16)5-14-15(10)3-2-12-7/h2-3,5-6,9H,1H3,(H,13,16). The topological polar surface area (TPSA) is 83.1 Å². The number of hydrogen-bond acceptors (Lipinski definition) is 4. The van der Waals surface area contributed by atoms with E-state index in [-0.39, 0.29) is 0 Å². The molecule has 2 heterocycles. The van der Waals surface area contributed by atoms with Crippen LogP contribution in [0.15, 0.2) is 18.6 Å². The fourth-order valence-corrected chi connectivity index (χ4v) is 1.61. The van der Waals surface area contributed by atoms with E-state index in [9.17, 15) is 4.79 Å². The van der Waals surface area contributed by atoms with Gasteiger partial charge in [0, 0.05) is 18.0 Å². The van der Waals surface area contributed by atoms with E-state index >= 15 is 0 Å². The van der Waals surface area contributed by atoms with E-state index in [2.05, 4.69) is 15.4 Å². The molecule has 2 rings (SSSR count). The van der Waals surface area contributed by atoms with Gasteiger partial charge in [0.1, 0.15) is 6.04 Å². The van der Waals surface area contributed by atoms with Gasteiger partial charge in [0.25, 0.3) is 0 Å². The quantitative estimate of drug-likeness (QED) is 0.749. The van der Waals surface area contributed by atoms with Crippen molar-refractivity contribution >= 4 is 11.9 Å². The van der Waals surface area contributed by atoms with Crippen molar-refractivity contribution < 1.29 is 4.79 Å². The summed E-state index contributed by atoms with van der Waals surface area (Å²) in [6.07, 6.45) is 5.40. The number of amides is 1. The molecule has 0 spiro atoms. The lowest BCUT2D eigenvalue weighted by molar-refractivity contribution is -0.109. The van der Waals surface area contributed by atoms with Crippen molar-refractivity contribution in [2.75, 3.05) is 0 Å². The van der Waals surface area contributed by atoms with Crippen LogP contribution in [-0.4, -0.2) is 21.0 Å². The maximum absolute atomic E-state index is 10.4. The Morgan fingerprint density at radius 1 is 1.69 bits per heavy atom. The second-order valence-corrected chi connectivity index (χ2v) is 3.25.